The first-order valence-electron chi connectivity index (χ1n) is 13.7. The van der Waals surface area contributed by atoms with E-state index in [4.69, 9.17) is 23.7 Å². The van der Waals surface area contributed by atoms with E-state index < -0.39 is 122 Å². The van der Waals surface area contributed by atoms with Gasteiger partial charge in [0.1, 0.15) is 78.3 Å². The van der Waals surface area contributed by atoms with Crippen LogP contribution in [0.5, 0.6) is 34.5 Å². The third-order valence-corrected chi connectivity index (χ3v) is 7.94. The van der Waals surface area contributed by atoms with Crippen LogP contribution in [-0.2, 0) is 18.9 Å². The van der Waals surface area contributed by atoms with Crippen molar-refractivity contribution >= 4 is 0 Å². The number of aliphatic hydroxyl groups is 8. The smallest absolute Gasteiger partial charge is 0.200 e. The van der Waals surface area contributed by atoms with Crippen molar-refractivity contribution in [1.82, 2.24) is 0 Å². The highest BCUT2D eigenvalue weighted by Crippen LogP contribution is 2.50. The summed E-state index contributed by atoms with van der Waals surface area (Å²) < 4.78 is 28.1. The van der Waals surface area contributed by atoms with Gasteiger partial charge >= 0.3 is 0 Å². The van der Waals surface area contributed by atoms with Crippen LogP contribution in [-0.4, -0.2) is 147 Å². The summed E-state index contributed by atoms with van der Waals surface area (Å²) >= 11 is 0. The Labute approximate surface area is 253 Å². The standard InChI is InChI=1S/C27H34O18/c28-5-13-17(35)19(37)21(39)26(42-13)44-24-14(6-29)43-27(22(40)20(24)38)45-25-18(36)15-9(31)3-8(30)4-12(15)41-23(25)7-1-10(32)16(34)11(33)2-7/h1-4,13-14,17-40H,5-6H2/t13-,14-,17+,18?,19+,20-,21-,22-,23?,24-,25?,26+,27+/m1/s1. The lowest BCUT2D eigenvalue weighted by Crippen LogP contribution is -2.65. The molecule has 3 unspecified atom stereocenters. The Morgan fingerprint density at radius 2 is 1.16 bits per heavy atom. The summed E-state index contributed by atoms with van der Waals surface area (Å²) in [6.45, 7) is -1.67. The number of fused-ring (bicyclic) bond motifs is 1. The van der Waals surface area contributed by atoms with Crippen molar-refractivity contribution in [3.8, 4) is 34.5 Å². The second-order valence-electron chi connectivity index (χ2n) is 10.9. The molecule has 3 heterocycles. The van der Waals surface area contributed by atoms with Crippen LogP contribution in [0.4, 0.5) is 0 Å². The molecule has 3 aliphatic rings. The van der Waals surface area contributed by atoms with Crippen LogP contribution in [0.2, 0.25) is 0 Å². The molecule has 3 aliphatic heterocycles. The average molecular weight is 647 g/mol. The molecule has 13 N–H and O–H groups in total. The van der Waals surface area contributed by atoms with Gasteiger partial charge < -0.3 is 90.1 Å². The van der Waals surface area contributed by atoms with Crippen LogP contribution in [0.15, 0.2) is 24.3 Å². The fourth-order valence-electron chi connectivity index (χ4n) is 5.54. The summed E-state index contributed by atoms with van der Waals surface area (Å²) in [7, 11) is 0. The van der Waals surface area contributed by atoms with Crippen molar-refractivity contribution in [2.75, 3.05) is 13.2 Å². The highest BCUT2D eigenvalue weighted by molar-refractivity contribution is 5.55. The van der Waals surface area contributed by atoms with E-state index in [1.165, 1.54) is 0 Å². The van der Waals surface area contributed by atoms with E-state index >= 15 is 0 Å². The number of aliphatic hydroxyl groups excluding tert-OH is 8. The van der Waals surface area contributed by atoms with Gasteiger partial charge in [-0.05, 0) is 12.1 Å². The first-order chi connectivity index (χ1) is 21.3. The van der Waals surface area contributed by atoms with Gasteiger partial charge in [-0.2, -0.15) is 0 Å². The van der Waals surface area contributed by atoms with Gasteiger partial charge in [-0.1, -0.05) is 0 Å². The zero-order chi connectivity index (χ0) is 32.9. The summed E-state index contributed by atoms with van der Waals surface area (Å²) in [5.41, 5.74) is -0.372. The van der Waals surface area contributed by atoms with E-state index in [0.717, 1.165) is 24.3 Å². The Balaban J connectivity index is 1.43. The Hall–Kier alpha value is -3.24. The lowest BCUT2D eigenvalue weighted by Gasteiger charge is -2.47. The fraction of sp³-hybridized carbons (Fsp3) is 0.556. The van der Waals surface area contributed by atoms with E-state index in [-0.39, 0.29) is 16.9 Å². The van der Waals surface area contributed by atoms with E-state index in [1.54, 1.807) is 0 Å². The lowest BCUT2D eigenvalue weighted by atomic mass is 9.90. The number of hydrogen-bond acceptors (Lipinski definition) is 18. The zero-order valence-electron chi connectivity index (χ0n) is 23.1. The quantitative estimate of drug-likeness (QED) is 0.129. The van der Waals surface area contributed by atoms with E-state index in [2.05, 4.69) is 0 Å². The Morgan fingerprint density at radius 3 is 1.76 bits per heavy atom. The predicted molar refractivity (Wildman–Crippen MR) is 141 cm³/mol. The minimum atomic E-state index is -2.02. The predicted octanol–water partition coefficient (Wildman–Crippen LogP) is -3.61. The molecule has 0 radical (unpaired) electrons. The molecule has 2 aromatic carbocycles. The number of hydrogen-bond donors (Lipinski definition) is 13. The number of benzene rings is 2. The van der Waals surface area contributed by atoms with Crippen LogP contribution in [0, 0.1) is 0 Å². The van der Waals surface area contributed by atoms with Crippen molar-refractivity contribution in [3.63, 3.8) is 0 Å². The maximum absolute atomic E-state index is 11.3. The van der Waals surface area contributed by atoms with Gasteiger partial charge in [0.15, 0.2) is 35.9 Å². The zero-order valence-corrected chi connectivity index (χ0v) is 23.1. The molecule has 0 saturated carbocycles. The Kier molecular flexibility index (Phi) is 9.48. The number of phenolic OH excluding ortho intramolecular Hbond substituents is 5. The van der Waals surface area contributed by atoms with Gasteiger partial charge in [0.25, 0.3) is 0 Å². The molecule has 13 atom stereocenters. The normalized spacial score (nSPS) is 38.4. The maximum Gasteiger partial charge on any atom is 0.200 e. The molecule has 0 aromatic heterocycles. The van der Waals surface area contributed by atoms with Gasteiger partial charge in [0.05, 0.1) is 18.8 Å². The highest BCUT2D eigenvalue weighted by atomic mass is 16.7. The van der Waals surface area contributed by atoms with Crippen molar-refractivity contribution in [3.05, 3.63) is 35.4 Å². The minimum absolute atomic E-state index is 0.103. The van der Waals surface area contributed by atoms with Gasteiger partial charge in [-0.25, -0.2) is 0 Å². The topological polar surface area (TPSA) is 309 Å². The molecule has 18 heteroatoms. The van der Waals surface area contributed by atoms with Gasteiger partial charge in [-0.3, -0.25) is 0 Å². The molecule has 2 aromatic rings. The molecular weight excluding hydrogens is 612 g/mol. The molecule has 250 valence electrons. The Morgan fingerprint density at radius 1 is 0.600 bits per heavy atom. The third-order valence-electron chi connectivity index (χ3n) is 7.94. The fourth-order valence-corrected chi connectivity index (χ4v) is 5.54. The molecule has 0 spiro atoms. The number of ether oxygens (including phenoxy) is 5. The van der Waals surface area contributed by atoms with Crippen LogP contribution in [0.1, 0.15) is 23.3 Å². The largest absolute Gasteiger partial charge is 0.508 e. The summed E-state index contributed by atoms with van der Waals surface area (Å²) in [6, 6.07) is 3.88. The molecule has 5 rings (SSSR count). The summed E-state index contributed by atoms with van der Waals surface area (Å²) in [5, 5.41) is 134. The van der Waals surface area contributed by atoms with Crippen molar-refractivity contribution in [2.24, 2.45) is 0 Å². The molecule has 2 fully saturated rings. The molecule has 0 amide bonds. The summed E-state index contributed by atoms with van der Waals surface area (Å²) in [4.78, 5) is 0. The highest BCUT2D eigenvalue weighted by Gasteiger charge is 2.53. The molecular formula is C27H34O18. The second-order valence-corrected chi connectivity index (χ2v) is 10.9. The average Bonchev–Trinajstić information content (AvgIpc) is 2.99. The maximum atomic E-state index is 11.3. The lowest BCUT2D eigenvalue weighted by molar-refractivity contribution is -0.367. The first kappa shape index (κ1) is 33.1. The summed E-state index contributed by atoms with van der Waals surface area (Å²) in [5.74, 6) is -3.74. The molecule has 2 saturated heterocycles. The number of aromatic hydroxyl groups is 5. The monoisotopic (exact) mass is 646 g/mol. The van der Waals surface area contributed by atoms with Gasteiger partial charge in [-0.15, -0.1) is 0 Å². The van der Waals surface area contributed by atoms with Crippen LogP contribution in [0.25, 0.3) is 0 Å². The SMILES string of the molecule is OC[C@H]1O[C@@H](O[C@H]2[C@H](O)[C@@H](O)[C@H](OC3C(O)c4c(O)cc(O)cc4OC3c3cc(O)c(O)c(O)c3)O[C@@H]2CO)[C@H](O)[C@@H](O)[C@H]1O. The van der Waals surface area contributed by atoms with E-state index in [1.807, 2.05) is 0 Å². The number of phenols is 5. The molecule has 45 heavy (non-hydrogen) atoms. The van der Waals surface area contributed by atoms with Crippen LogP contribution >= 0.6 is 0 Å². The Bertz CT molecular complexity index is 1330. The first-order valence-corrected chi connectivity index (χ1v) is 13.7. The second kappa shape index (κ2) is 12.9. The van der Waals surface area contributed by atoms with Crippen molar-refractivity contribution in [2.45, 2.75) is 79.7 Å². The molecule has 0 aliphatic carbocycles. The van der Waals surface area contributed by atoms with Gasteiger partial charge in [0.2, 0.25) is 0 Å². The minimum Gasteiger partial charge on any atom is -0.508 e. The van der Waals surface area contributed by atoms with Gasteiger partial charge in [0, 0.05) is 17.7 Å². The van der Waals surface area contributed by atoms with Crippen molar-refractivity contribution < 1.29 is 90.1 Å². The van der Waals surface area contributed by atoms with Crippen molar-refractivity contribution in [1.29, 1.82) is 0 Å². The number of rotatable bonds is 7. The molecule has 0 bridgehead atoms. The van der Waals surface area contributed by atoms with E-state index in [0.29, 0.717) is 0 Å². The van der Waals surface area contributed by atoms with Crippen LogP contribution < -0.4 is 4.74 Å². The van der Waals surface area contributed by atoms with E-state index in [9.17, 15) is 66.4 Å². The van der Waals surface area contributed by atoms with Crippen LogP contribution in [0.3, 0.4) is 0 Å². The third kappa shape index (κ3) is 6.03. The summed E-state index contributed by atoms with van der Waals surface area (Å²) in [6.07, 6.45) is -22.6. The molecule has 18 nitrogen and oxygen atoms in total.